The van der Waals surface area contributed by atoms with Crippen LogP contribution in [0.3, 0.4) is 0 Å². The van der Waals surface area contributed by atoms with Gasteiger partial charge in [0.2, 0.25) is 0 Å². The van der Waals surface area contributed by atoms with E-state index in [4.69, 9.17) is 0 Å². The van der Waals surface area contributed by atoms with Crippen LogP contribution in [0.2, 0.25) is 0 Å². The molecule has 0 saturated heterocycles. The van der Waals surface area contributed by atoms with Gasteiger partial charge in [-0.25, -0.2) is 0 Å². The van der Waals surface area contributed by atoms with Crippen molar-refractivity contribution in [2.24, 2.45) is 10.9 Å². The van der Waals surface area contributed by atoms with E-state index < -0.39 is 5.91 Å². The van der Waals surface area contributed by atoms with Crippen LogP contribution in [0.5, 0.6) is 0 Å². The number of primary amides is 1. The number of hydrogen-bond acceptors (Lipinski definition) is 3. The zero-order valence-corrected chi connectivity index (χ0v) is 4.63. The maximum Gasteiger partial charge on any atom is 0.263 e. The Morgan fingerprint density at radius 3 is 3.00 bits per heavy atom. The molecule has 2 N–H and O–H groups in total. The number of oxime groups is 1. The number of carbonyl (C=O) groups excluding carboxylic acids is 1. The van der Waals surface area contributed by atoms with Crippen LogP contribution in [0.25, 0.3) is 0 Å². The molecular formula is C4H8N2O2. The van der Waals surface area contributed by atoms with Gasteiger partial charge in [-0.3, -0.25) is 4.79 Å². The summed E-state index contributed by atoms with van der Waals surface area (Å²) < 4.78 is 0. The summed E-state index contributed by atoms with van der Waals surface area (Å²) in [6, 6.07) is 0. The molecule has 4 heteroatoms. The molecule has 0 aromatic carbocycles. The van der Waals surface area contributed by atoms with Crippen LogP contribution in [0, 0.1) is 0 Å². The van der Waals surface area contributed by atoms with Gasteiger partial charge in [0.15, 0.2) is 0 Å². The van der Waals surface area contributed by atoms with E-state index in [1.165, 1.54) is 0 Å². The van der Waals surface area contributed by atoms with E-state index in [-0.39, 0.29) is 0 Å². The first kappa shape index (κ1) is 6.94. The lowest BCUT2D eigenvalue weighted by Crippen LogP contribution is -2.11. The number of carbonyl (C=O) groups is 1. The van der Waals surface area contributed by atoms with Crippen LogP contribution in [-0.2, 0) is 9.63 Å². The van der Waals surface area contributed by atoms with Crippen molar-refractivity contribution in [3.8, 4) is 0 Å². The summed E-state index contributed by atoms with van der Waals surface area (Å²) in [5, 5.41) is 3.19. The van der Waals surface area contributed by atoms with Gasteiger partial charge in [0.1, 0.15) is 12.8 Å². The van der Waals surface area contributed by atoms with E-state index in [1.54, 1.807) is 6.92 Å². The number of nitrogens with zero attached hydrogens (tertiary/aromatic N) is 1. The van der Waals surface area contributed by atoms with Crippen LogP contribution < -0.4 is 5.73 Å². The Balaban J connectivity index is 3.20. The summed E-state index contributed by atoms with van der Waals surface area (Å²) in [6.07, 6.45) is 0.920. The second kappa shape index (κ2) is 4.11. The summed E-state index contributed by atoms with van der Waals surface area (Å²) >= 11 is 0. The minimum atomic E-state index is -0.599. The Labute approximate surface area is 47.3 Å². The molecule has 0 atom stereocenters. The standard InChI is InChI=1S/C4H8N2O2/c1-2-8-6-3-4(5)7/h3H,2H2,1H3,(H2,5,7)/b6-3-. The van der Waals surface area contributed by atoms with Gasteiger partial charge in [-0.15, -0.1) is 0 Å². The first-order chi connectivity index (χ1) is 3.77. The monoisotopic (exact) mass is 116 g/mol. The normalized spacial score (nSPS) is 9.62. The second-order valence-corrected chi connectivity index (χ2v) is 1.05. The van der Waals surface area contributed by atoms with Gasteiger partial charge in [0, 0.05) is 0 Å². The molecule has 0 fully saturated rings. The third kappa shape index (κ3) is 4.94. The van der Waals surface area contributed by atoms with E-state index in [9.17, 15) is 4.79 Å². The van der Waals surface area contributed by atoms with Gasteiger partial charge in [-0.1, -0.05) is 5.16 Å². The van der Waals surface area contributed by atoms with Crippen LogP contribution in [0.15, 0.2) is 5.16 Å². The molecule has 0 aliphatic heterocycles. The van der Waals surface area contributed by atoms with Crippen molar-refractivity contribution in [2.75, 3.05) is 6.61 Å². The molecule has 0 aromatic heterocycles. The van der Waals surface area contributed by atoms with Gasteiger partial charge in [0.25, 0.3) is 5.91 Å². The highest BCUT2D eigenvalue weighted by atomic mass is 16.6. The minimum absolute atomic E-state index is 0.448. The van der Waals surface area contributed by atoms with Crippen molar-refractivity contribution < 1.29 is 9.63 Å². The lowest BCUT2D eigenvalue weighted by Gasteiger charge is -1.86. The average molecular weight is 116 g/mol. The van der Waals surface area contributed by atoms with Crippen molar-refractivity contribution in [1.29, 1.82) is 0 Å². The highest BCUT2D eigenvalue weighted by Crippen LogP contribution is 1.68. The summed E-state index contributed by atoms with van der Waals surface area (Å²) in [7, 11) is 0. The largest absolute Gasteiger partial charge is 0.396 e. The Bertz CT molecular complexity index is 100. The maximum absolute atomic E-state index is 9.87. The second-order valence-electron chi connectivity index (χ2n) is 1.05. The van der Waals surface area contributed by atoms with E-state index in [0.29, 0.717) is 6.61 Å². The Kier molecular flexibility index (Phi) is 3.56. The Hall–Kier alpha value is -1.06. The lowest BCUT2D eigenvalue weighted by molar-refractivity contribution is -0.111. The fourth-order valence-electron chi connectivity index (χ4n) is 0.164. The highest BCUT2D eigenvalue weighted by molar-refractivity contribution is 6.25. The summed E-state index contributed by atoms with van der Waals surface area (Å²) in [5.41, 5.74) is 4.66. The predicted octanol–water partition coefficient (Wildman–Crippen LogP) is -0.506. The van der Waals surface area contributed by atoms with Crippen molar-refractivity contribution >= 4 is 12.1 Å². The third-order valence-electron chi connectivity index (χ3n) is 0.384. The number of nitrogens with two attached hydrogens (primary N) is 1. The van der Waals surface area contributed by atoms with Crippen LogP contribution in [-0.4, -0.2) is 18.7 Å². The molecule has 0 radical (unpaired) electrons. The molecule has 8 heavy (non-hydrogen) atoms. The molecule has 0 bridgehead atoms. The van der Waals surface area contributed by atoms with E-state index in [1.807, 2.05) is 0 Å². The molecule has 0 heterocycles. The van der Waals surface area contributed by atoms with Gasteiger partial charge < -0.3 is 10.6 Å². The van der Waals surface area contributed by atoms with Crippen LogP contribution in [0.1, 0.15) is 6.92 Å². The smallest absolute Gasteiger partial charge is 0.263 e. The first-order valence-electron chi connectivity index (χ1n) is 2.22. The van der Waals surface area contributed by atoms with Gasteiger partial charge in [-0.05, 0) is 6.92 Å². The molecule has 46 valence electrons. The number of rotatable bonds is 3. The van der Waals surface area contributed by atoms with Crippen molar-refractivity contribution in [3.63, 3.8) is 0 Å². The quantitative estimate of drug-likeness (QED) is 0.399. The highest BCUT2D eigenvalue weighted by Gasteiger charge is 1.80. The number of hydrogen-bond donors (Lipinski definition) is 1. The zero-order chi connectivity index (χ0) is 6.41. The molecule has 0 rings (SSSR count). The summed E-state index contributed by atoms with van der Waals surface area (Å²) in [4.78, 5) is 14.3. The summed E-state index contributed by atoms with van der Waals surface area (Å²) in [6.45, 7) is 2.21. The van der Waals surface area contributed by atoms with E-state index in [0.717, 1.165) is 6.21 Å². The predicted molar refractivity (Wildman–Crippen MR) is 29.3 cm³/mol. The molecule has 1 amide bonds. The van der Waals surface area contributed by atoms with Gasteiger partial charge >= 0.3 is 0 Å². The Morgan fingerprint density at radius 1 is 2.00 bits per heavy atom. The van der Waals surface area contributed by atoms with Crippen molar-refractivity contribution in [2.45, 2.75) is 6.92 Å². The molecule has 0 aliphatic rings. The molecule has 0 unspecified atom stereocenters. The average Bonchev–Trinajstić information content (AvgIpc) is 1.66. The van der Waals surface area contributed by atoms with E-state index in [2.05, 4.69) is 15.7 Å². The molecule has 0 aromatic rings. The zero-order valence-electron chi connectivity index (χ0n) is 4.63. The van der Waals surface area contributed by atoms with Crippen molar-refractivity contribution in [1.82, 2.24) is 0 Å². The Morgan fingerprint density at radius 2 is 2.62 bits per heavy atom. The topological polar surface area (TPSA) is 64.7 Å². The first-order valence-corrected chi connectivity index (χ1v) is 2.22. The SMILES string of the molecule is CCO/N=C\C(N)=O. The van der Waals surface area contributed by atoms with E-state index >= 15 is 0 Å². The molecule has 0 aliphatic carbocycles. The van der Waals surface area contributed by atoms with Crippen LogP contribution in [0.4, 0.5) is 0 Å². The van der Waals surface area contributed by atoms with Crippen LogP contribution >= 0.6 is 0 Å². The van der Waals surface area contributed by atoms with Gasteiger partial charge in [-0.2, -0.15) is 0 Å². The third-order valence-corrected chi connectivity index (χ3v) is 0.384. The summed E-state index contributed by atoms with van der Waals surface area (Å²) in [5.74, 6) is -0.599. The van der Waals surface area contributed by atoms with Gasteiger partial charge in [0.05, 0.1) is 0 Å². The molecule has 0 saturated carbocycles. The van der Waals surface area contributed by atoms with Crippen molar-refractivity contribution in [3.05, 3.63) is 0 Å². The fraction of sp³-hybridized carbons (Fsp3) is 0.500. The molecular weight excluding hydrogens is 108 g/mol. The molecule has 0 spiro atoms. The maximum atomic E-state index is 9.87. The fourth-order valence-corrected chi connectivity index (χ4v) is 0.164. The molecule has 4 nitrogen and oxygen atoms in total. The minimum Gasteiger partial charge on any atom is -0.396 e. The number of amides is 1. The lowest BCUT2D eigenvalue weighted by atomic mass is 10.7.